The number of halogens is 4. The molecule has 0 fully saturated rings. The normalized spacial score (nSPS) is 10.7. The molecule has 6 nitrogen and oxygen atoms in total. The first-order chi connectivity index (χ1) is 30.2. The van der Waals surface area contributed by atoms with Crippen molar-refractivity contribution in [1.29, 1.82) is 0 Å². The van der Waals surface area contributed by atoms with Crippen LogP contribution >= 0.6 is 59.4 Å². The lowest BCUT2D eigenvalue weighted by Crippen LogP contribution is -2.01. The summed E-state index contributed by atoms with van der Waals surface area (Å²) in [5, 5.41) is -0.424. The third-order valence-electron chi connectivity index (χ3n) is 9.84. The average Bonchev–Trinajstić information content (AvgIpc) is 3.90. The van der Waals surface area contributed by atoms with E-state index in [1.54, 1.807) is 24.3 Å². The number of ketones is 1. The highest BCUT2D eigenvalue weighted by atomic mass is 79.9. The second-order valence-corrected chi connectivity index (χ2v) is 17.0. The van der Waals surface area contributed by atoms with Gasteiger partial charge in [0.25, 0.3) is 5.24 Å². The van der Waals surface area contributed by atoms with Gasteiger partial charge in [-0.25, -0.2) is 9.97 Å². The molecular weight excluding hydrogens is 988 g/mol. The number of aromatic nitrogens is 4. The van der Waals surface area contributed by atoms with Crippen LogP contribution in [0.2, 0.25) is 0 Å². The summed E-state index contributed by atoms with van der Waals surface area (Å²) in [7, 11) is 0. The molecule has 0 spiro atoms. The third kappa shape index (κ3) is 9.77. The zero-order valence-corrected chi connectivity index (χ0v) is 38.3. The van der Waals surface area contributed by atoms with E-state index in [-0.39, 0.29) is 5.78 Å². The Bertz CT molecular complexity index is 3120. The molecule has 10 heteroatoms. The quantitative estimate of drug-likeness (QED) is 0.118. The molecule has 0 aliphatic heterocycles. The fourth-order valence-corrected chi connectivity index (χ4v) is 7.75. The van der Waals surface area contributed by atoms with Gasteiger partial charge >= 0.3 is 0 Å². The Balaban J connectivity index is 0.000000144. The van der Waals surface area contributed by atoms with Gasteiger partial charge in [-0.3, -0.25) is 18.7 Å². The lowest BCUT2D eigenvalue weighted by Gasteiger charge is -2.10. The van der Waals surface area contributed by atoms with E-state index in [0.29, 0.717) is 16.7 Å². The summed E-state index contributed by atoms with van der Waals surface area (Å²) in [6.45, 7) is 0. The van der Waals surface area contributed by atoms with Crippen LogP contribution in [0.1, 0.15) is 26.3 Å². The molecule has 0 radical (unpaired) electrons. The van der Waals surface area contributed by atoms with Gasteiger partial charge in [0.1, 0.15) is 11.6 Å². The number of nitrogens with zero attached hydrogens (tertiary/aromatic N) is 4. The van der Waals surface area contributed by atoms with Gasteiger partial charge in [-0.2, -0.15) is 0 Å². The summed E-state index contributed by atoms with van der Waals surface area (Å²) >= 11 is 15.3. The monoisotopic (exact) mass is 1020 g/mol. The van der Waals surface area contributed by atoms with Crippen molar-refractivity contribution in [3.05, 3.63) is 236 Å². The predicted octanol–water partition coefficient (Wildman–Crippen LogP) is 15.0. The molecule has 10 aromatic rings. The Morgan fingerprint density at radius 1 is 0.387 bits per heavy atom. The van der Waals surface area contributed by atoms with Crippen molar-refractivity contribution >= 4 is 92.5 Å². The van der Waals surface area contributed by atoms with Gasteiger partial charge in [-0.15, -0.1) is 0 Å². The van der Waals surface area contributed by atoms with Gasteiger partial charge < -0.3 is 0 Å². The van der Waals surface area contributed by atoms with E-state index in [2.05, 4.69) is 130 Å². The molecule has 0 saturated heterocycles. The number of para-hydroxylation sites is 6. The Labute approximate surface area is 388 Å². The van der Waals surface area contributed by atoms with Crippen LogP contribution in [0.4, 0.5) is 0 Å². The number of carbonyl (C=O) groups is 2. The molecule has 0 N–H and O–H groups in total. The van der Waals surface area contributed by atoms with Crippen LogP contribution in [-0.2, 0) is 0 Å². The van der Waals surface area contributed by atoms with Crippen molar-refractivity contribution in [2.45, 2.75) is 0 Å². The topological polar surface area (TPSA) is 69.8 Å². The third-order valence-corrected chi connectivity index (χ3v) is 11.6. The SMILES string of the molecule is Brc1ccc(-c2nc3ccccc3n2-c2ccccc2)cc1.O=C(Cl)c1ccc(Br)cc1.O=C(c1ccc(Br)cc1)c1ccc(-c2nc3ccccc3n2-c2ccccc2)cc1. The van der Waals surface area contributed by atoms with Gasteiger partial charge in [0.2, 0.25) is 0 Å². The highest BCUT2D eigenvalue weighted by molar-refractivity contribution is 9.11. The van der Waals surface area contributed by atoms with E-state index < -0.39 is 5.24 Å². The molecule has 0 aliphatic rings. The Hall–Kier alpha value is -6.23. The molecule has 302 valence electrons. The molecule has 10 rings (SSSR count). The van der Waals surface area contributed by atoms with E-state index in [1.165, 1.54) is 0 Å². The second kappa shape index (κ2) is 19.6. The van der Waals surface area contributed by atoms with Crippen LogP contribution in [0.5, 0.6) is 0 Å². The summed E-state index contributed by atoms with van der Waals surface area (Å²) in [5.74, 6) is 1.82. The number of fused-ring (bicyclic) bond motifs is 2. The molecule has 0 bridgehead atoms. The summed E-state index contributed by atoms with van der Waals surface area (Å²) < 4.78 is 7.32. The Kier molecular flexibility index (Phi) is 13.5. The van der Waals surface area contributed by atoms with Gasteiger partial charge in [-0.1, -0.05) is 145 Å². The lowest BCUT2D eigenvalue weighted by atomic mass is 10.0. The number of hydrogen-bond donors (Lipinski definition) is 0. The first-order valence-corrected chi connectivity index (χ1v) is 22.2. The molecule has 0 saturated carbocycles. The maximum absolute atomic E-state index is 12.8. The van der Waals surface area contributed by atoms with Gasteiger partial charge in [0.15, 0.2) is 5.78 Å². The number of imidazole rings is 2. The number of carbonyl (C=O) groups excluding carboxylic acids is 2. The van der Waals surface area contributed by atoms with E-state index in [9.17, 15) is 9.59 Å². The fourth-order valence-electron chi connectivity index (χ4n) is 6.83. The number of hydrogen-bond acceptors (Lipinski definition) is 4. The van der Waals surface area contributed by atoms with Crippen LogP contribution in [0.25, 0.3) is 56.2 Å². The first-order valence-electron chi connectivity index (χ1n) is 19.4. The Morgan fingerprint density at radius 2 is 0.710 bits per heavy atom. The molecule has 0 unspecified atom stereocenters. The summed E-state index contributed by atoms with van der Waals surface area (Å²) in [6, 6.07) is 67.1. The molecule has 0 amide bonds. The van der Waals surface area contributed by atoms with Gasteiger partial charge in [-0.05, 0) is 121 Å². The van der Waals surface area contributed by atoms with Crippen molar-refractivity contribution in [1.82, 2.24) is 19.1 Å². The van der Waals surface area contributed by atoms with Gasteiger partial charge in [0, 0.05) is 52.6 Å². The summed E-state index contributed by atoms with van der Waals surface area (Å²) in [4.78, 5) is 33.0. The summed E-state index contributed by atoms with van der Waals surface area (Å²) in [5.41, 5.74) is 10.2. The number of benzene rings is 8. The van der Waals surface area contributed by atoms with Crippen molar-refractivity contribution in [3.8, 4) is 34.2 Å². The van der Waals surface area contributed by atoms with Gasteiger partial charge in [0.05, 0.1) is 22.1 Å². The van der Waals surface area contributed by atoms with Crippen molar-refractivity contribution < 1.29 is 9.59 Å². The predicted molar refractivity (Wildman–Crippen MR) is 263 cm³/mol. The van der Waals surface area contributed by atoms with E-state index in [4.69, 9.17) is 21.6 Å². The fraction of sp³-hybridized carbons (Fsp3) is 0. The highest BCUT2D eigenvalue weighted by Crippen LogP contribution is 2.31. The average molecular weight is 1020 g/mol. The molecule has 2 heterocycles. The van der Waals surface area contributed by atoms with E-state index in [1.807, 2.05) is 109 Å². The number of rotatable bonds is 7. The maximum atomic E-state index is 12.8. The van der Waals surface area contributed by atoms with Crippen LogP contribution in [0.3, 0.4) is 0 Å². The largest absolute Gasteiger partial charge is 0.292 e. The highest BCUT2D eigenvalue weighted by Gasteiger charge is 2.16. The molecular formula is C52H34Br3ClN4O2. The van der Waals surface area contributed by atoms with E-state index >= 15 is 0 Å². The van der Waals surface area contributed by atoms with E-state index in [0.717, 1.165) is 69.6 Å². The van der Waals surface area contributed by atoms with Crippen molar-refractivity contribution in [2.75, 3.05) is 0 Å². The van der Waals surface area contributed by atoms with Crippen LogP contribution in [0.15, 0.2) is 220 Å². The zero-order chi connectivity index (χ0) is 43.0. The van der Waals surface area contributed by atoms with Crippen LogP contribution in [0, 0.1) is 0 Å². The molecule has 0 aliphatic carbocycles. The minimum Gasteiger partial charge on any atom is -0.292 e. The van der Waals surface area contributed by atoms with Crippen molar-refractivity contribution in [3.63, 3.8) is 0 Å². The van der Waals surface area contributed by atoms with Crippen LogP contribution < -0.4 is 0 Å². The second-order valence-electron chi connectivity index (χ2n) is 13.9. The molecule has 2 aromatic heterocycles. The molecule has 0 atom stereocenters. The van der Waals surface area contributed by atoms with Crippen molar-refractivity contribution in [2.24, 2.45) is 0 Å². The molecule has 8 aromatic carbocycles. The maximum Gasteiger partial charge on any atom is 0.252 e. The zero-order valence-electron chi connectivity index (χ0n) is 32.7. The molecule has 62 heavy (non-hydrogen) atoms. The Morgan fingerprint density at radius 3 is 1.11 bits per heavy atom. The minimum atomic E-state index is -0.424. The first kappa shape index (κ1) is 42.5. The lowest BCUT2D eigenvalue weighted by molar-refractivity contribution is 0.103. The standard InChI is InChI=1S/C26H17BrN2O.C19H13BrN2.C7H4BrClO/c27-21-16-14-19(15-17-21)25(30)18-10-12-20(13-11-18)26-28-23-8-4-5-9-24(23)29(26)22-6-2-1-3-7-22;20-15-12-10-14(11-13-15)19-21-17-8-4-5-9-18(17)22(19)16-6-2-1-3-7-16;8-6-3-1-5(2-4-6)7(9)10/h1-17H;1-13H;1-4H. The summed E-state index contributed by atoms with van der Waals surface area (Å²) in [6.07, 6.45) is 0. The smallest absolute Gasteiger partial charge is 0.252 e. The minimum absolute atomic E-state index is 0.00520. The van der Waals surface area contributed by atoms with Crippen LogP contribution in [-0.4, -0.2) is 30.1 Å².